The van der Waals surface area contributed by atoms with Crippen molar-refractivity contribution in [2.75, 3.05) is 6.54 Å². The van der Waals surface area contributed by atoms with E-state index in [9.17, 15) is 14.7 Å². The van der Waals surface area contributed by atoms with Crippen LogP contribution in [0.2, 0.25) is 0 Å². The molecule has 1 aliphatic carbocycles. The standard InChI is InChI=1S/C12H15N3O3/c16-10(12(11(17)18)2-1-3-12)15-7-6-14-5-4-13-9(14)8-15/h4-5H,1-3,6-8H2,(H,17,18). The molecule has 1 aromatic rings. The van der Waals surface area contributed by atoms with Gasteiger partial charge in [-0.1, -0.05) is 6.42 Å². The van der Waals surface area contributed by atoms with Gasteiger partial charge in [-0.25, -0.2) is 4.98 Å². The molecular formula is C12H15N3O3. The monoisotopic (exact) mass is 249 g/mol. The number of imidazole rings is 1. The third-order valence-electron chi connectivity index (χ3n) is 4.06. The number of carbonyl (C=O) groups excluding carboxylic acids is 1. The fourth-order valence-electron chi connectivity index (χ4n) is 2.70. The van der Waals surface area contributed by atoms with Gasteiger partial charge in [0.15, 0.2) is 0 Å². The van der Waals surface area contributed by atoms with Crippen LogP contribution < -0.4 is 0 Å². The van der Waals surface area contributed by atoms with Crippen molar-refractivity contribution in [1.29, 1.82) is 0 Å². The number of hydrogen-bond donors (Lipinski definition) is 1. The number of amides is 1. The highest BCUT2D eigenvalue weighted by Gasteiger charge is 2.53. The van der Waals surface area contributed by atoms with E-state index in [1.165, 1.54) is 0 Å². The summed E-state index contributed by atoms with van der Waals surface area (Å²) in [6.07, 6.45) is 5.34. The Morgan fingerprint density at radius 2 is 2.11 bits per heavy atom. The third-order valence-corrected chi connectivity index (χ3v) is 4.06. The maximum absolute atomic E-state index is 12.4. The van der Waals surface area contributed by atoms with Gasteiger partial charge in [-0.3, -0.25) is 9.59 Å². The molecule has 1 fully saturated rings. The molecule has 6 heteroatoms. The van der Waals surface area contributed by atoms with E-state index in [0.717, 1.165) is 12.2 Å². The lowest BCUT2D eigenvalue weighted by atomic mass is 9.67. The number of carboxylic acid groups (broad SMARTS) is 1. The number of aromatic nitrogens is 2. The van der Waals surface area contributed by atoms with Gasteiger partial charge in [0.1, 0.15) is 11.2 Å². The Hall–Kier alpha value is -1.85. The summed E-state index contributed by atoms with van der Waals surface area (Å²) in [5, 5.41) is 9.27. The van der Waals surface area contributed by atoms with Gasteiger partial charge >= 0.3 is 5.97 Å². The Kier molecular flexibility index (Phi) is 2.39. The fourth-order valence-corrected chi connectivity index (χ4v) is 2.70. The van der Waals surface area contributed by atoms with Gasteiger partial charge in [-0.05, 0) is 12.8 Å². The van der Waals surface area contributed by atoms with Gasteiger partial charge in [-0.2, -0.15) is 0 Å². The summed E-state index contributed by atoms with van der Waals surface area (Å²) in [4.78, 5) is 29.5. The first-order valence-corrected chi connectivity index (χ1v) is 6.16. The first-order valence-electron chi connectivity index (χ1n) is 6.16. The molecule has 1 amide bonds. The summed E-state index contributed by atoms with van der Waals surface area (Å²) < 4.78 is 2.00. The Balaban J connectivity index is 1.80. The highest BCUT2D eigenvalue weighted by atomic mass is 16.4. The third kappa shape index (κ3) is 1.45. The van der Waals surface area contributed by atoms with Crippen LogP contribution in [0, 0.1) is 5.41 Å². The molecule has 0 bridgehead atoms. The smallest absolute Gasteiger partial charge is 0.319 e. The van der Waals surface area contributed by atoms with Crippen molar-refractivity contribution in [3.8, 4) is 0 Å². The van der Waals surface area contributed by atoms with Crippen molar-refractivity contribution in [2.45, 2.75) is 32.4 Å². The molecule has 0 unspecified atom stereocenters. The van der Waals surface area contributed by atoms with Crippen LogP contribution in [0.4, 0.5) is 0 Å². The first kappa shape index (κ1) is 11.3. The quantitative estimate of drug-likeness (QED) is 0.773. The summed E-state index contributed by atoms with van der Waals surface area (Å²) in [5.74, 6) is -0.391. The zero-order chi connectivity index (χ0) is 12.8. The molecule has 1 saturated carbocycles. The maximum atomic E-state index is 12.4. The average Bonchev–Trinajstić information content (AvgIpc) is 2.73. The average molecular weight is 249 g/mol. The van der Waals surface area contributed by atoms with Crippen molar-refractivity contribution >= 4 is 11.9 Å². The van der Waals surface area contributed by atoms with Crippen molar-refractivity contribution in [2.24, 2.45) is 5.41 Å². The van der Waals surface area contributed by atoms with E-state index in [0.29, 0.717) is 32.5 Å². The highest BCUT2D eigenvalue weighted by Crippen LogP contribution is 2.43. The molecule has 1 aromatic heterocycles. The molecule has 18 heavy (non-hydrogen) atoms. The van der Waals surface area contributed by atoms with Crippen LogP contribution in [-0.4, -0.2) is 38.0 Å². The van der Waals surface area contributed by atoms with Crippen LogP contribution in [0.25, 0.3) is 0 Å². The Morgan fingerprint density at radius 1 is 1.33 bits per heavy atom. The second kappa shape index (κ2) is 3.83. The van der Waals surface area contributed by atoms with E-state index in [1.54, 1.807) is 11.1 Å². The predicted octanol–water partition coefficient (Wildman–Crippen LogP) is 0.480. The molecule has 0 aromatic carbocycles. The second-order valence-corrected chi connectivity index (χ2v) is 5.00. The van der Waals surface area contributed by atoms with E-state index >= 15 is 0 Å². The fraction of sp³-hybridized carbons (Fsp3) is 0.583. The Labute approximate surface area is 104 Å². The lowest BCUT2D eigenvalue weighted by molar-refractivity contribution is -0.168. The van der Waals surface area contributed by atoms with Gasteiger partial charge < -0.3 is 14.6 Å². The van der Waals surface area contributed by atoms with E-state index in [2.05, 4.69) is 4.98 Å². The topological polar surface area (TPSA) is 75.4 Å². The van der Waals surface area contributed by atoms with Crippen molar-refractivity contribution < 1.29 is 14.7 Å². The van der Waals surface area contributed by atoms with Gasteiger partial charge in [0.25, 0.3) is 0 Å². The molecule has 3 rings (SSSR count). The summed E-state index contributed by atoms with van der Waals surface area (Å²) in [5.41, 5.74) is -1.16. The van der Waals surface area contributed by atoms with Gasteiger partial charge in [0.2, 0.25) is 5.91 Å². The van der Waals surface area contributed by atoms with Crippen LogP contribution in [-0.2, 0) is 22.7 Å². The number of rotatable bonds is 2. The number of fused-ring (bicyclic) bond motifs is 1. The molecule has 1 aliphatic heterocycles. The minimum atomic E-state index is -1.16. The molecule has 96 valence electrons. The summed E-state index contributed by atoms with van der Waals surface area (Å²) in [6, 6.07) is 0. The number of hydrogen-bond acceptors (Lipinski definition) is 3. The number of aliphatic carboxylic acids is 1. The summed E-state index contributed by atoms with van der Waals surface area (Å²) >= 11 is 0. The Morgan fingerprint density at radius 3 is 2.72 bits per heavy atom. The van der Waals surface area contributed by atoms with Gasteiger partial charge in [0, 0.05) is 25.5 Å². The molecule has 2 aliphatic rings. The molecule has 0 radical (unpaired) electrons. The van der Waals surface area contributed by atoms with E-state index in [1.807, 2.05) is 10.8 Å². The van der Waals surface area contributed by atoms with Crippen molar-refractivity contribution in [3.63, 3.8) is 0 Å². The molecule has 0 saturated heterocycles. The number of nitrogens with zero attached hydrogens (tertiary/aromatic N) is 3. The van der Waals surface area contributed by atoms with Crippen LogP contribution >= 0.6 is 0 Å². The largest absolute Gasteiger partial charge is 0.480 e. The minimum absolute atomic E-state index is 0.240. The minimum Gasteiger partial charge on any atom is -0.480 e. The lowest BCUT2D eigenvalue weighted by Gasteiger charge is -2.41. The molecule has 1 N–H and O–H groups in total. The Bertz CT molecular complexity index is 504. The highest BCUT2D eigenvalue weighted by molar-refractivity contribution is 6.02. The molecule has 2 heterocycles. The molecule has 0 atom stereocenters. The van der Waals surface area contributed by atoms with Gasteiger partial charge in [0.05, 0.1) is 6.54 Å². The molecular weight excluding hydrogens is 234 g/mol. The van der Waals surface area contributed by atoms with Gasteiger partial charge in [-0.15, -0.1) is 0 Å². The summed E-state index contributed by atoms with van der Waals surface area (Å²) in [6.45, 7) is 1.68. The maximum Gasteiger partial charge on any atom is 0.319 e. The van der Waals surface area contributed by atoms with E-state index < -0.39 is 11.4 Å². The lowest BCUT2D eigenvalue weighted by Crippen LogP contribution is -2.54. The van der Waals surface area contributed by atoms with E-state index in [4.69, 9.17) is 0 Å². The van der Waals surface area contributed by atoms with Crippen molar-refractivity contribution in [3.05, 3.63) is 18.2 Å². The predicted molar refractivity (Wildman–Crippen MR) is 61.6 cm³/mol. The zero-order valence-electron chi connectivity index (χ0n) is 10.0. The normalized spacial score (nSPS) is 21.0. The van der Waals surface area contributed by atoms with Crippen LogP contribution in [0.3, 0.4) is 0 Å². The number of carboxylic acids is 1. The van der Waals surface area contributed by atoms with Crippen LogP contribution in [0.1, 0.15) is 25.1 Å². The SMILES string of the molecule is O=C(O)C1(C(=O)N2CCn3ccnc3C2)CCC1. The zero-order valence-corrected chi connectivity index (χ0v) is 10.0. The van der Waals surface area contributed by atoms with Crippen LogP contribution in [0.15, 0.2) is 12.4 Å². The molecule has 0 spiro atoms. The first-order chi connectivity index (χ1) is 8.63. The molecule has 6 nitrogen and oxygen atoms in total. The summed E-state index contributed by atoms with van der Waals surface area (Å²) in [7, 11) is 0. The van der Waals surface area contributed by atoms with Crippen molar-refractivity contribution in [1.82, 2.24) is 14.5 Å². The number of carbonyl (C=O) groups is 2. The second-order valence-electron chi connectivity index (χ2n) is 5.00. The van der Waals surface area contributed by atoms with E-state index in [-0.39, 0.29) is 5.91 Å². The van der Waals surface area contributed by atoms with Crippen LogP contribution in [0.5, 0.6) is 0 Å².